The van der Waals surface area contributed by atoms with Crippen molar-refractivity contribution in [2.75, 3.05) is 30.5 Å². The quantitative estimate of drug-likeness (QED) is 0.863. The molecule has 0 aliphatic carbocycles. The maximum atomic E-state index is 4.46. The lowest BCUT2D eigenvalue weighted by molar-refractivity contribution is 0.426. The predicted octanol–water partition coefficient (Wildman–Crippen LogP) is 2.83. The third kappa shape index (κ3) is 5.75. The molecular weight excluding hydrogens is 250 g/mol. The van der Waals surface area contributed by atoms with Crippen molar-refractivity contribution in [3.8, 4) is 0 Å². The Balaban J connectivity index is 2.47. The van der Waals surface area contributed by atoms with Gasteiger partial charge in [-0.3, -0.25) is 0 Å². The van der Waals surface area contributed by atoms with E-state index in [0.717, 1.165) is 24.0 Å². The molecule has 1 heterocycles. The van der Waals surface area contributed by atoms with Gasteiger partial charge in [0.25, 0.3) is 0 Å². The van der Waals surface area contributed by atoms with E-state index in [1.165, 1.54) is 4.88 Å². The van der Waals surface area contributed by atoms with Gasteiger partial charge in [-0.25, -0.2) is 4.98 Å². The topological polar surface area (TPSA) is 28.2 Å². The monoisotopic (exact) mass is 273 g/mol. The molecule has 0 atom stereocenters. The fraction of sp³-hybridized carbons (Fsp3) is 0.750. The van der Waals surface area contributed by atoms with Crippen molar-refractivity contribution in [3.63, 3.8) is 0 Å². The van der Waals surface area contributed by atoms with Crippen LogP contribution in [0.25, 0.3) is 0 Å². The Morgan fingerprint density at radius 2 is 2.18 bits per heavy atom. The summed E-state index contributed by atoms with van der Waals surface area (Å²) in [5.41, 5.74) is 0.162. The first-order valence-corrected chi connectivity index (χ1v) is 8.03. The Bertz CT molecular complexity index is 331. The van der Waals surface area contributed by atoms with E-state index in [-0.39, 0.29) is 5.54 Å². The Labute approximate surface area is 113 Å². The van der Waals surface area contributed by atoms with Crippen LogP contribution in [0.3, 0.4) is 0 Å². The third-order valence-corrected chi connectivity index (χ3v) is 3.99. The third-order valence-electron chi connectivity index (χ3n) is 2.29. The zero-order valence-electron chi connectivity index (χ0n) is 11.4. The molecule has 1 aromatic rings. The number of rotatable bonds is 6. The molecule has 17 heavy (non-hydrogen) atoms. The Morgan fingerprint density at radius 1 is 1.47 bits per heavy atom. The van der Waals surface area contributed by atoms with Crippen molar-refractivity contribution in [1.82, 2.24) is 10.3 Å². The molecule has 1 N–H and O–H groups in total. The first-order valence-electron chi connectivity index (χ1n) is 5.82. The van der Waals surface area contributed by atoms with Crippen LogP contribution in [0.15, 0.2) is 6.20 Å². The number of thioether (sulfide) groups is 1. The van der Waals surface area contributed by atoms with Gasteiger partial charge in [0.2, 0.25) is 0 Å². The number of aromatic nitrogens is 1. The molecule has 0 saturated carbocycles. The number of thiazole rings is 1. The molecule has 0 aliphatic heterocycles. The minimum atomic E-state index is 0.162. The maximum Gasteiger partial charge on any atom is 0.185 e. The molecule has 5 heteroatoms. The minimum absolute atomic E-state index is 0.162. The van der Waals surface area contributed by atoms with Crippen molar-refractivity contribution < 1.29 is 0 Å². The second-order valence-electron chi connectivity index (χ2n) is 5.13. The first kappa shape index (κ1) is 14.8. The SMILES string of the molecule is CSCCN(C)c1ncc(CNC(C)(C)C)s1. The van der Waals surface area contributed by atoms with Crippen molar-refractivity contribution >= 4 is 28.2 Å². The minimum Gasteiger partial charge on any atom is -0.350 e. The molecule has 0 bridgehead atoms. The highest BCUT2D eigenvalue weighted by molar-refractivity contribution is 7.98. The van der Waals surface area contributed by atoms with Gasteiger partial charge in [0.05, 0.1) is 0 Å². The fourth-order valence-electron chi connectivity index (χ4n) is 1.23. The second kappa shape index (κ2) is 6.61. The molecule has 3 nitrogen and oxygen atoms in total. The van der Waals surface area contributed by atoms with Crippen molar-refractivity contribution in [2.45, 2.75) is 32.9 Å². The summed E-state index contributed by atoms with van der Waals surface area (Å²) in [6.45, 7) is 8.50. The molecule has 98 valence electrons. The van der Waals surface area contributed by atoms with Gasteiger partial charge < -0.3 is 10.2 Å². The zero-order valence-corrected chi connectivity index (χ0v) is 13.0. The molecule has 0 fully saturated rings. The first-order chi connectivity index (χ1) is 7.92. The van der Waals surface area contributed by atoms with E-state index in [0.29, 0.717) is 0 Å². The largest absolute Gasteiger partial charge is 0.350 e. The zero-order chi connectivity index (χ0) is 12.9. The standard InChI is InChI=1S/C12H23N3S2/c1-12(2,3)14-9-10-8-13-11(17-10)15(4)6-7-16-5/h8,14H,6-7,9H2,1-5H3. The average molecular weight is 273 g/mol. The van der Waals surface area contributed by atoms with Gasteiger partial charge >= 0.3 is 0 Å². The van der Waals surface area contributed by atoms with Gasteiger partial charge in [0.1, 0.15) is 0 Å². The molecule has 1 aromatic heterocycles. The lowest BCUT2D eigenvalue weighted by atomic mass is 10.1. The van der Waals surface area contributed by atoms with Crippen LogP contribution < -0.4 is 10.2 Å². The second-order valence-corrected chi connectivity index (χ2v) is 7.21. The number of nitrogens with one attached hydrogen (secondary N) is 1. The van der Waals surface area contributed by atoms with Crippen LogP contribution in [0.1, 0.15) is 25.6 Å². The summed E-state index contributed by atoms with van der Waals surface area (Å²) in [6.07, 6.45) is 4.11. The summed E-state index contributed by atoms with van der Waals surface area (Å²) in [4.78, 5) is 7.99. The van der Waals surface area contributed by atoms with Gasteiger partial charge in [-0.1, -0.05) is 0 Å². The van der Waals surface area contributed by atoms with E-state index in [2.05, 4.69) is 49.3 Å². The Kier molecular flexibility index (Phi) is 5.76. The lowest BCUT2D eigenvalue weighted by Crippen LogP contribution is -2.34. The molecule has 0 unspecified atom stereocenters. The number of anilines is 1. The van der Waals surface area contributed by atoms with Crippen LogP contribution in [0.2, 0.25) is 0 Å². The average Bonchev–Trinajstić information content (AvgIpc) is 2.70. The van der Waals surface area contributed by atoms with Crippen LogP contribution in [0, 0.1) is 0 Å². The van der Waals surface area contributed by atoms with E-state index >= 15 is 0 Å². The number of hydrogen-bond acceptors (Lipinski definition) is 5. The summed E-state index contributed by atoms with van der Waals surface area (Å²) < 4.78 is 0. The highest BCUT2D eigenvalue weighted by Crippen LogP contribution is 2.21. The lowest BCUT2D eigenvalue weighted by Gasteiger charge is -2.19. The van der Waals surface area contributed by atoms with Crippen LogP contribution in [0.4, 0.5) is 5.13 Å². The molecule has 0 aliphatic rings. The number of nitrogens with zero attached hydrogens (tertiary/aromatic N) is 2. The van der Waals surface area contributed by atoms with Crippen molar-refractivity contribution in [1.29, 1.82) is 0 Å². The van der Waals surface area contributed by atoms with E-state index < -0.39 is 0 Å². The summed E-state index contributed by atoms with van der Waals surface area (Å²) in [5.74, 6) is 1.14. The maximum absolute atomic E-state index is 4.46. The molecule has 0 amide bonds. The summed E-state index contributed by atoms with van der Waals surface area (Å²) >= 11 is 3.64. The molecule has 0 radical (unpaired) electrons. The van der Waals surface area contributed by atoms with Gasteiger partial charge in [-0.05, 0) is 27.0 Å². The van der Waals surface area contributed by atoms with Crippen LogP contribution in [-0.2, 0) is 6.54 Å². The van der Waals surface area contributed by atoms with E-state index in [1.807, 2.05) is 18.0 Å². The Hall–Kier alpha value is -0.260. The molecule has 0 spiro atoms. The Morgan fingerprint density at radius 3 is 2.76 bits per heavy atom. The molecule has 0 saturated heterocycles. The molecule has 0 aromatic carbocycles. The predicted molar refractivity (Wildman–Crippen MR) is 80.4 cm³/mol. The van der Waals surface area contributed by atoms with E-state index in [4.69, 9.17) is 0 Å². The van der Waals surface area contributed by atoms with E-state index in [9.17, 15) is 0 Å². The smallest absolute Gasteiger partial charge is 0.185 e. The van der Waals surface area contributed by atoms with Gasteiger partial charge in [0, 0.05) is 42.5 Å². The van der Waals surface area contributed by atoms with Crippen LogP contribution in [0.5, 0.6) is 0 Å². The molecular formula is C12H23N3S2. The number of hydrogen-bond donors (Lipinski definition) is 1. The normalized spacial score (nSPS) is 11.8. The van der Waals surface area contributed by atoms with Crippen LogP contribution in [-0.4, -0.2) is 36.1 Å². The highest BCUT2D eigenvalue weighted by atomic mass is 32.2. The molecule has 1 rings (SSSR count). The fourth-order valence-corrected chi connectivity index (χ4v) is 2.52. The summed E-state index contributed by atoms with van der Waals surface area (Å²) in [7, 11) is 2.11. The van der Waals surface area contributed by atoms with Crippen molar-refractivity contribution in [3.05, 3.63) is 11.1 Å². The van der Waals surface area contributed by atoms with Gasteiger partial charge in [-0.2, -0.15) is 11.8 Å². The van der Waals surface area contributed by atoms with Gasteiger partial charge in [-0.15, -0.1) is 11.3 Å². The van der Waals surface area contributed by atoms with Crippen molar-refractivity contribution in [2.24, 2.45) is 0 Å². The van der Waals surface area contributed by atoms with Gasteiger partial charge in [0.15, 0.2) is 5.13 Å². The van der Waals surface area contributed by atoms with E-state index in [1.54, 1.807) is 11.3 Å². The summed E-state index contributed by atoms with van der Waals surface area (Å²) in [6, 6.07) is 0. The van der Waals surface area contributed by atoms with Crippen LogP contribution >= 0.6 is 23.1 Å². The summed E-state index contributed by atoms with van der Waals surface area (Å²) in [5, 5.41) is 4.60. The highest BCUT2D eigenvalue weighted by Gasteiger charge is 2.11.